The highest BCUT2D eigenvalue weighted by Crippen LogP contribution is 2.41. The number of aromatic nitrogens is 1. The third-order valence-corrected chi connectivity index (χ3v) is 4.79. The zero-order valence-electron chi connectivity index (χ0n) is 15.0. The van der Waals surface area contributed by atoms with Crippen molar-refractivity contribution in [2.45, 2.75) is 32.3 Å². The minimum absolute atomic E-state index is 0.00448. The van der Waals surface area contributed by atoms with E-state index in [1.807, 2.05) is 30.3 Å². The largest absolute Gasteiger partial charge is 0.455 e. The number of Topliss-reactive ketones (excluding diaryl/α,β-unsaturated/α-hetero) is 1. The first-order valence-corrected chi connectivity index (χ1v) is 8.73. The quantitative estimate of drug-likeness (QED) is 0.776. The molecule has 3 heterocycles. The van der Waals surface area contributed by atoms with Gasteiger partial charge in [0, 0.05) is 25.3 Å². The Balaban J connectivity index is 1.78. The summed E-state index contributed by atoms with van der Waals surface area (Å²) in [6.45, 7) is 3.19. The van der Waals surface area contributed by atoms with E-state index in [1.54, 1.807) is 13.0 Å². The van der Waals surface area contributed by atoms with Crippen molar-refractivity contribution in [1.82, 2.24) is 9.88 Å². The number of benzene rings is 1. The van der Waals surface area contributed by atoms with Gasteiger partial charge in [0.25, 0.3) is 5.78 Å². The van der Waals surface area contributed by atoms with Crippen LogP contribution in [0.1, 0.15) is 32.4 Å². The lowest BCUT2D eigenvalue weighted by Gasteiger charge is -2.25. The van der Waals surface area contributed by atoms with E-state index in [1.165, 1.54) is 11.8 Å². The number of hydrogen-bond acceptors (Lipinski definition) is 6. The molecular weight excluding hydrogens is 348 g/mol. The molecule has 0 aliphatic carbocycles. The van der Waals surface area contributed by atoms with Gasteiger partial charge in [-0.1, -0.05) is 24.3 Å². The zero-order chi connectivity index (χ0) is 19.2. The predicted molar refractivity (Wildman–Crippen MR) is 94.9 cm³/mol. The Morgan fingerprint density at radius 3 is 2.70 bits per heavy atom. The molecule has 1 aromatic heterocycles. The molecule has 7 nitrogen and oxygen atoms in total. The summed E-state index contributed by atoms with van der Waals surface area (Å²) in [7, 11) is 0. The molecule has 4 rings (SSSR count). The molecule has 1 amide bonds. The number of carbonyl (C=O) groups is 3. The average molecular weight is 366 g/mol. The summed E-state index contributed by atoms with van der Waals surface area (Å²) >= 11 is 0. The van der Waals surface area contributed by atoms with Crippen LogP contribution >= 0.6 is 0 Å². The topological polar surface area (TPSA) is 85.8 Å². The normalized spacial score (nSPS) is 22.5. The maximum absolute atomic E-state index is 13.1. The van der Waals surface area contributed by atoms with Crippen molar-refractivity contribution in [3.63, 3.8) is 0 Å². The van der Waals surface area contributed by atoms with Crippen LogP contribution in [0.25, 0.3) is 10.9 Å². The number of ether oxygens (including phenoxy) is 2. The molecule has 1 unspecified atom stereocenters. The lowest BCUT2D eigenvalue weighted by molar-refractivity contribution is -0.142. The SMILES string of the molecule is CC(=O)OC1=C(N2CCCC2=O)OC(C)(c2ccc3ccccc3n2)C1=O. The van der Waals surface area contributed by atoms with Crippen molar-refractivity contribution in [1.29, 1.82) is 0 Å². The number of likely N-dealkylation sites (tertiary alicyclic amines) is 1. The van der Waals surface area contributed by atoms with E-state index >= 15 is 0 Å². The number of carbonyl (C=O) groups excluding carboxylic acids is 3. The van der Waals surface area contributed by atoms with E-state index in [2.05, 4.69) is 4.98 Å². The zero-order valence-corrected chi connectivity index (χ0v) is 15.0. The average Bonchev–Trinajstić information content (AvgIpc) is 3.18. The highest BCUT2D eigenvalue weighted by atomic mass is 16.6. The minimum atomic E-state index is -1.48. The fourth-order valence-corrected chi connectivity index (χ4v) is 3.37. The number of ketones is 1. The predicted octanol–water partition coefficient (Wildman–Crippen LogP) is 2.40. The molecule has 0 N–H and O–H groups in total. The van der Waals surface area contributed by atoms with Gasteiger partial charge in [-0.25, -0.2) is 4.98 Å². The van der Waals surface area contributed by atoms with Crippen molar-refractivity contribution in [2.75, 3.05) is 6.54 Å². The van der Waals surface area contributed by atoms with Crippen LogP contribution in [0.3, 0.4) is 0 Å². The highest BCUT2D eigenvalue weighted by Gasteiger charge is 2.53. The molecule has 27 heavy (non-hydrogen) atoms. The molecule has 138 valence electrons. The van der Waals surface area contributed by atoms with Crippen molar-refractivity contribution in [2.24, 2.45) is 0 Å². The van der Waals surface area contributed by atoms with E-state index in [4.69, 9.17) is 9.47 Å². The summed E-state index contributed by atoms with van der Waals surface area (Å²) in [5, 5.41) is 0.929. The third kappa shape index (κ3) is 2.75. The number of amides is 1. The fourth-order valence-electron chi connectivity index (χ4n) is 3.37. The Morgan fingerprint density at radius 1 is 1.22 bits per heavy atom. The van der Waals surface area contributed by atoms with Gasteiger partial charge >= 0.3 is 5.97 Å². The second kappa shape index (κ2) is 6.19. The van der Waals surface area contributed by atoms with Gasteiger partial charge in [-0.3, -0.25) is 19.3 Å². The molecule has 1 atom stereocenters. The summed E-state index contributed by atoms with van der Waals surface area (Å²) in [4.78, 5) is 42.7. The lowest BCUT2D eigenvalue weighted by Crippen LogP contribution is -2.33. The number of esters is 1. The molecule has 0 spiro atoms. The Hall–Kier alpha value is -3.22. The Labute approximate surface area is 155 Å². The summed E-state index contributed by atoms with van der Waals surface area (Å²) in [5.74, 6) is -1.60. The molecule has 7 heteroatoms. The number of para-hydroxylation sites is 1. The Morgan fingerprint density at radius 2 is 2.00 bits per heavy atom. The Kier molecular flexibility index (Phi) is 3.95. The second-order valence-electron chi connectivity index (χ2n) is 6.73. The van der Waals surface area contributed by atoms with E-state index in [0.717, 1.165) is 5.39 Å². The minimum Gasteiger partial charge on any atom is -0.455 e. The van der Waals surface area contributed by atoms with Gasteiger partial charge in [-0.05, 0) is 25.5 Å². The van der Waals surface area contributed by atoms with Crippen LogP contribution in [-0.4, -0.2) is 34.1 Å². The number of hydrogen-bond donors (Lipinski definition) is 0. The molecule has 1 aromatic carbocycles. The molecule has 1 saturated heterocycles. The molecule has 2 aliphatic rings. The van der Waals surface area contributed by atoms with Crippen molar-refractivity contribution >= 4 is 28.6 Å². The molecule has 0 saturated carbocycles. The van der Waals surface area contributed by atoms with Gasteiger partial charge in [-0.15, -0.1) is 0 Å². The van der Waals surface area contributed by atoms with Crippen LogP contribution in [0, 0.1) is 0 Å². The van der Waals surface area contributed by atoms with E-state index < -0.39 is 17.4 Å². The fraction of sp³-hybridized carbons (Fsp3) is 0.300. The monoisotopic (exact) mass is 366 g/mol. The third-order valence-electron chi connectivity index (χ3n) is 4.79. The molecule has 2 aromatic rings. The van der Waals surface area contributed by atoms with Crippen LogP contribution in [0.4, 0.5) is 0 Å². The first kappa shape index (κ1) is 17.2. The smallest absolute Gasteiger partial charge is 0.308 e. The number of pyridine rings is 1. The molecule has 0 bridgehead atoms. The van der Waals surface area contributed by atoms with Gasteiger partial charge in [-0.2, -0.15) is 0 Å². The molecular formula is C20H18N2O5. The van der Waals surface area contributed by atoms with Crippen molar-refractivity contribution < 1.29 is 23.9 Å². The van der Waals surface area contributed by atoms with Crippen molar-refractivity contribution in [3.8, 4) is 0 Å². The standard InChI is InChI=1S/C20H18N2O5/c1-12(23)26-17-18(25)20(2,27-19(17)22-11-5-8-16(22)24)15-10-9-13-6-3-4-7-14(13)21-15/h3-4,6-7,9-10H,5,8,11H2,1-2H3. The highest BCUT2D eigenvalue weighted by molar-refractivity contribution is 6.05. The molecule has 0 radical (unpaired) electrons. The van der Waals surface area contributed by atoms with Gasteiger partial charge < -0.3 is 9.47 Å². The van der Waals surface area contributed by atoms with E-state index in [0.29, 0.717) is 30.6 Å². The van der Waals surface area contributed by atoms with Crippen LogP contribution in [0.15, 0.2) is 48.0 Å². The summed E-state index contributed by atoms with van der Waals surface area (Å²) in [5.41, 5.74) is -0.377. The first-order chi connectivity index (χ1) is 12.9. The summed E-state index contributed by atoms with van der Waals surface area (Å²) in [6.07, 6.45) is 1.01. The van der Waals surface area contributed by atoms with Gasteiger partial charge in [0.1, 0.15) is 0 Å². The summed E-state index contributed by atoms with van der Waals surface area (Å²) < 4.78 is 11.1. The van der Waals surface area contributed by atoms with Crippen LogP contribution in [0.2, 0.25) is 0 Å². The van der Waals surface area contributed by atoms with Gasteiger partial charge in [0.05, 0.1) is 11.2 Å². The number of rotatable bonds is 3. The molecule has 1 fully saturated rings. The number of nitrogens with zero attached hydrogens (tertiary/aromatic N) is 2. The van der Waals surface area contributed by atoms with Crippen LogP contribution < -0.4 is 0 Å². The molecule has 2 aliphatic heterocycles. The van der Waals surface area contributed by atoms with Crippen LogP contribution in [-0.2, 0) is 29.5 Å². The maximum Gasteiger partial charge on any atom is 0.308 e. The maximum atomic E-state index is 13.1. The van der Waals surface area contributed by atoms with Gasteiger partial charge in [0.2, 0.25) is 23.2 Å². The van der Waals surface area contributed by atoms with E-state index in [-0.39, 0.29) is 17.5 Å². The first-order valence-electron chi connectivity index (χ1n) is 8.73. The number of fused-ring (bicyclic) bond motifs is 1. The second-order valence-corrected chi connectivity index (χ2v) is 6.73. The van der Waals surface area contributed by atoms with Crippen molar-refractivity contribution in [3.05, 3.63) is 53.7 Å². The van der Waals surface area contributed by atoms with Gasteiger partial charge in [0.15, 0.2) is 0 Å². The van der Waals surface area contributed by atoms with E-state index in [9.17, 15) is 14.4 Å². The Bertz CT molecular complexity index is 1010. The lowest BCUT2D eigenvalue weighted by atomic mass is 9.95. The van der Waals surface area contributed by atoms with Crippen LogP contribution in [0.5, 0.6) is 0 Å². The summed E-state index contributed by atoms with van der Waals surface area (Å²) in [6, 6.07) is 11.1.